The smallest absolute Gasteiger partial charge is 0.345 e. The largest absolute Gasteiger partial charge is 0.427 e. The van der Waals surface area contributed by atoms with Crippen molar-refractivity contribution in [2.24, 2.45) is 0 Å². The van der Waals surface area contributed by atoms with E-state index in [1.807, 2.05) is 30.3 Å². The Kier molecular flexibility index (Phi) is 6.34. The predicted molar refractivity (Wildman–Crippen MR) is 95.9 cm³/mol. The third-order valence-corrected chi connectivity index (χ3v) is 4.35. The van der Waals surface area contributed by atoms with Crippen molar-refractivity contribution < 1.29 is 30.3 Å². The Morgan fingerprint density at radius 3 is 2.00 bits per heavy atom. The van der Waals surface area contributed by atoms with Crippen molar-refractivity contribution >= 4 is 21.8 Å². The zero-order valence-corrected chi connectivity index (χ0v) is 15.4. The van der Waals surface area contributed by atoms with Gasteiger partial charge < -0.3 is 9.80 Å². The van der Waals surface area contributed by atoms with E-state index in [9.17, 15) is 21.6 Å². The first-order valence-electron chi connectivity index (χ1n) is 7.77. The van der Waals surface area contributed by atoms with Gasteiger partial charge in [0.2, 0.25) is 6.17 Å². The maximum absolute atomic E-state index is 13.4. The summed E-state index contributed by atoms with van der Waals surface area (Å²) in [6, 6.07) is 16.2. The van der Waals surface area contributed by atoms with Crippen molar-refractivity contribution in [2.45, 2.75) is 18.9 Å². The zero-order chi connectivity index (χ0) is 20.2. The van der Waals surface area contributed by atoms with Gasteiger partial charge in [-0.05, 0) is 17.7 Å². The molecule has 0 saturated heterocycles. The van der Waals surface area contributed by atoms with E-state index in [1.54, 1.807) is 24.3 Å². The molecule has 1 atom stereocenters. The van der Waals surface area contributed by atoms with Gasteiger partial charge in [-0.2, -0.15) is 21.6 Å². The number of para-hydroxylation sites is 2. The van der Waals surface area contributed by atoms with Crippen LogP contribution in [-0.4, -0.2) is 39.5 Å². The van der Waals surface area contributed by atoms with Crippen molar-refractivity contribution in [1.29, 1.82) is 0 Å². The van der Waals surface area contributed by atoms with Gasteiger partial charge in [0.05, 0.1) is 18.5 Å². The van der Waals surface area contributed by atoms with Gasteiger partial charge in [-0.15, -0.1) is 0 Å². The summed E-state index contributed by atoms with van der Waals surface area (Å²) >= 11 is 0. The summed E-state index contributed by atoms with van der Waals surface area (Å²) in [7, 11) is -1.80. The van der Waals surface area contributed by atoms with E-state index in [1.165, 1.54) is 16.8 Å². The Morgan fingerprint density at radius 2 is 1.52 bits per heavy atom. The summed E-state index contributed by atoms with van der Waals surface area (Å²) in [5.74, 6) is 0. The van der Waals surface area contributed by atoms with Crippen LogP contribution in [-0.2, 0) is 21.1 Å². The summed E-state index contributed by atoms with van der Waals surface area (Å²) in [4.78, 5) is 2.70. The number of hydrogen-bond donors (Lipinski definition) is 1. The maximum atomic E-state index is 13.4. The van der Waals surface area contributed by atoms with Gasteiger partial charge in [0.1, 0.15) is 0 Å². The van der Waals surface area contributed by atoms with Gasteiger partial charge in [0, 0.05) is 13.6 Å². The third-order valence-electron chi connectivity index (χ3n) is 3.93. The summed E-state index contributed by atoms with van der Waals surface area (Å²) in [5.41, 5.74) is 2.08. The van der Waals surface area contributed by atoms with Crippen LogP contribution in [0.4, 0.5) is 24.5 Å². The van der Waals surface area contributed by atoms with Crippen LogP contribution in [0.5, 0.6) is 0 Å². The number of nitrogens with zero attached hydrogens (tertiary/aromatic N) is 2. The fraction of sp³-hybridized carbons (Fsp3) is 0.294. The van der Waals surface area contributed by atoms with Crippen LogP contribution in [0.2, 0.25) is 0 Å². The molecule has 0 radical (unpaired) electrons. The van der Waals surface area contributed by atoms with E-state index < -0.39 is 22.7 Å². The zero-order valence-electron chi connectivity index (χ0n) is 14.6. The second-order valence-corrected chi connectivity index (χ2v) is 6.91. The molecule has 1 aliphatic heterocycles. The minimum Gasteiger partial charge on any atom is -0.345 e. The van der Waals surface area contributed by atoms with Crippen LogP contribution < -0.4 is 9.80 Å². The minimum atomic E-state index is -4.32. The van der Waals surface area contributed by atoms with E-state index in [4.69, 9.17) is 4.55 Å². The van der Waals surface area contributed by atoms with Gasteiger partial charge in [-0.3, -0.25) is 8.74 Å². The molecule has 0 spiro atoms. The lowest BCUT2D eigenvalue weighted by Crippen LogP contribution is -2.51. The lowest BCUT2D eigenvalue weighted by molar-refractivity contribution is -0.146. The van der Waals surface area contributed by atoms with Gasteiger partial charge in [-0.1, -0.05) is 42.5 Å². The first-order chi connectivity index (χ1) is 12.5. The Labute approximate surface area is 155 Å². The Bertz CT molecular complexity index is 860. The molecule has 0 aromatic heterocycles. The van der Waals surface area contributed by atoms with E-state index in [0.717, 1.165) is 12.7 Å². The Hall–Kier alpha value is -2.30. The monoisotopic (exact) mass is 404 g/mol. The van der Waals surface area contributed by atoms with E-state index in [0.29, 0.717) is 11.4 Å². The van der Waals surface area contributed by atoms with Gasteiger partial charge in [0.15, 0.2) is 0 Å². The molecule has 10 heteroatoms. The summed E-state index contributed by atoms with van der Waals surface area (Å²) in [6.07, 6.45) is -5.95. The average Bonchev–Trinajstić information content (AvgIpc) is 2.88. The molecular formula is C17H19F3N2O4S. The quantitative estimate of drug-likeness (QED) is 0.790. The van der Waals surface area contributed by atoms with Crippen molar-refractivity contribution in [1.82, 2.24) is 0 Å². The number of anilines is 2. The topological polar surface area (TPSA) is 70.1 Å². The van der Waals surface area contributed by atoms with Crippen LogP contribution in [0, 0.1) is 0 Å². The first-order valence-corrected chi connectivity index (χ1v) is 9.13. The fourth-order valence-corrected chi connectivity index (χ4v) is 2.83. The molecule has 0 bridgehead atoms. The van der Waals surface area contributed by atoms with Crippen LogP contribution >= 0.6 is 0 Å². The number of hydrogen-bond acceptors (Lipinski definition) is 5. The summed E-state index contributed by atoms with van der Waals surface area (Å²) in [5, 5.41) is 0. The predicted octanol–water partition coefficient (Wildman–Crippen LogP) is 3.47. The third kappa shape index (κ3) is 5.34. The average molecular weight is 404 g/mol. The Morgan fingerprint density at radius 1 is 1.04 bits per heavy atom. The normalized spacial score (nSPS) is 16.6. The fourth-order valence-electron chi connectivity index (χ4n) is 2.83. The molecule has 6 nitrogen and oxygen atoms in total. The SMILES string of the molecule is CN1c2ccccc2N(Cc2ccccc2)C1C(F)(F)F.COS(=O)(=O)O. The number of alkyl halides is 3. The maximum Gasteiger partial charge on any atom is 0.427 e. The highest BCUT2D eigenvalue weighted by Crippen LogP contribution is 2.44. The molecule has 27 heavy (non-hydrogen) atoms. The molecule has 0 saturated carbocycles. The van der Waals surface area contributed by atoms with E-state index in [-0.39, 0.29) is 6.54 Å². The van der Waals surface area contributed by atoms with Crippen molar-refractivity contribution in [3.63, 3.8) is 0 Å². The highest BCUT2D eigenvalue weighted by molar-refractivity contribution is 7.80. The number of halogens is 3. The molecule has 1 aliphatic rings. The van der Waals surface area contributed by atoms with Crippen LogP contribution in [0.1, 0.15) is 5.56 Å². The minimum absolute atomic E-state index is 0.229. The van der Waals surface area contributed by atoms with E-state index >= 15 is 0 Å². The van der Waals surface area contributed by atoms with Crippen LogP contribution in [0.15, 0.2) is 54.6 Å². The molecule has 148 valence electrons. The van der Waals surface area contributed by atoms with E-state index in [2.05, 4.69) is 4.18 Å². The number of fused-ring (bicyclic) bond motifs is 1. The molecule has 0 aliphatic carbocycles. The second-order valence-electron chi connectivity index (χ2n) is 5.72. The first kappa shape index (κ1) is 21.0. The number of benzene rings is 2. The molecule has 1 heterocycles. The molecule has 2 aromatic rings. The van der Waals surface area contributed by atoms with Gasteiger partial charge in [0.25, 0.3) is 0 Å². The molecule has 3 rings (SSSR count). The summed E-state index contributed by atoms with van der Waals surface area (Å²) in [6.45, 7) is 0.229. The molecular weight excluding hydrogens is 385 g/mol. The highest BCUT2D eigenvalue weighted by atomic mass is 32.3. The molecule has 1 N–H and O–H groups in total. The van der Waals surface area contributed by atoms with Gasteiger partial charge in [-0.25, -0.2) is 0 Å². The standard InChI is InChI=1S/C16H15F3N2.CH4O4S/c1-20-13-9-5-6-10-14(13)21(15(20)16(17,18)19)11-12-7-3-2-4-8-12;1-5-6(2,3)4/h2-10,15H,11H2,1H3;1H3,(H,2,3,4). The van der Waals surface area contributed by atoms with Gasteiger partial charge >= 0.3 is 16.6 Å². The van der Waals surface area contributed by atoms with Crippen molar-refractivity contribution in [3.05, 3.63) is 60.2 Å². The molecule has 0 fully saturated rings. The molecule has 1 unspecified atom stereocenters. The van der Waals surface area contributed by atoms with Crippen molar-refractivity contribution in [3.8, 4) is 0 Å². The van der Waals surface area contributed by atoms with Crippen LogP contribution in [0.3, 0.4) is 0 Å². The Balaban J connectivity index is 0.000000380. The van der Waals surface area contributed by atoms with Crippen molar-refractivity contribution in [2.75, 3.05) is 24.0 Å². The number of rotatable bonds is 3. The molecule has 0 amide bonds. The van der Waals surface area contributed by atoms with Crippen LogP contribution in [0.25, 0.3) is 0 Å². The summed E-state index contributed by atoms with van der Waals surface area (Å²) < 4.78 is 70.0. The lowest BCUT2D eigenvalue weighted by Gasteiger charge is -2.32. The second kappa shape index (κ2) is 8.15. The molecule has 2 aromatic carbocycles. The highest BCUT2D eigenvalue weighted by Gasteiger charge is 2.51. The lowest BCUT2D eigenvalue weighted by atomic mass is 10.2.